The third-order valence-corrected chi connectivity index (χ3v) is 4.41. The first-order valence-electron chi connectivity index (χ1n) is 8.79. The molecule has 2 aromatic heterocycles. The molecule has 0 aliphatic rings. The Bertz CT molecular complexity index is 1130. The quantitative estimate of drug-likeness (QED) is 0.594. The van der Waals surface area contributed by atoms with Crippen molar-refractivity contribution in [1.82, 2.24) is 14.9 Å². The number of nitrogens with one attached hydrogen (secondary N) is 1. The van der Waals surface area contributed by atoms with E-state index in [0.29, 0.717) is 17.1 Å². The average Bonchev–Trinajstić information content (AvgIpc) is 3.19. The zero-order chi connectivity index (χ0) is 19.0. The highest BCUT2D eigenvalue weighted by molar-refractivity contribution is 5.95. The number of benzene rings is 2. The summed E-state index contributed by atoms with van der Waals surface area (Å²) in [7, 11) is 0. The average molecular weight is 360 g/mol. The minimum Gasteiger partial charge on any atom is -0.356 e. The van der Waals surface area contributed by atoms with E-state index in [0.717, 1.165) is 27.9 Å². The Morgan fingerprint density at radius 1 is 1.11 bits per heavy atom. The third-order valence-electron chi connectivity index (χ3n) is 4.41. The SMILES string of the molecule is Cc1cc(C)c2c(CC(=O)Nc3cc(C)nn3-c3ccccc3)noc2c1. The zero-order valence-corrected chi connectivity index (χ0v) is 15.5. The molecular formula is C21H20N4O2. The molecule has 6 heteroatoms. The number of hydrogen-bond acceptors (Lipinski definition) is 4. The van der Waals surface area contributed by atoms with Crippen molar-refractivity contribution in [1.29, 1.82) is 0 Å². The molecule has 0 fully saturated rings. The van der Waals surface area contributed by atoms with Crippen LogP contribution in [0.25, 0.3) is 16.7 Å². The lowest BCUT2D eigenvalue weighted by atomic mass is 10.0. The fraction of sp³-hybridized carbons (Fsp3) is 0.190. The first-order chi connectivity index (χ1) is 13.0. The lowest BCUT2D eigenvalue weighted by molar-refractivity contribution is -0.115. The summed E-state index contributed by atoms with van der Waals surface area (Å²) < 4.78 is 7.14. The van der Waals surface area contributed by atoms with Gasteiger partial charge in [0, 0.05) is 11.5 Å². The number of para-hydroxylation sites is 1. The highest BCUT2D eigenvalue weighted by Gasteiger charge is 2.17. The van der Waals surface area contributed by atoms with E-state index in [1.807, 2.05) is 63.2 Å². The van der Waals surface area contributed by atoms with Gasteiger partial charge >= 0.3 is 0 Å². The molecule has 0 spiro atoms. The van der Waals surface area contributed by atoms with E-state index in [4.69, 9.17) is 4.52 Å². The second-order valence-corrected chi connectivity index (χ2v) is 6.73. The molecule has 27 heavy (non-hydrogen) atoms. The molecule has 1 amide bonds. The lowest BCUT2D eigenvalue weighted by Gasteiger charge is -2.08. The van der Waals surface area contributed by atoms with Crippen LogP contribution in [-0.2, 0) is 11.2 Å². The zero-order valence-electron chi connectivity index (χ0n) is 15.5. The van der Waals surface area contributed by atoms with Crippen LogP contribution in [0.3, 0.4) is 0 Å². The van der Waals surface area contributed by atoms with Gasteiger partial charge < -0.3 is 9.84 Å². The number of rotatable bonds is 4. The van der Waals surface area contributed by atoms with Crippen LogP contribution in [0.2, 0.25) is 0 Å². The Morgan fingerprint density at radius 3 is 2.67 bits per heavy atom. The second-order valence-electron chi connectivity index (χ2n) is 6.73. The van der Waals surface area contributed by atoms with E-state index in [1.54, 1.807) is 4.68 Å². The summed E-state index contributed by atoms with van der Waals surface area (Å²) in [5, 5.41) is 12.4. The number of amides is 1. The topological polar surface area (TPSA) is 73.0 Å². The fourth-order valence-corrected chi connectivity index (χ4v) is 3.33. The fourth-order valence-electron chi connectivity index (χ4n) is 3.33. The maximum atomic E-state index is 12.7. The number of fused-ring (bicyclic) bond motifs is 1. The Kier molecular flexibility index (Phi) is 4.24. The molecule has 0 radical (unpaired) electrons. The standard InChI is InChI=1S/C21H20N4O2/c1-13-9-14(2)21-17(24-27-18(21)10-13)12-20(26)22-19-11-15(3)23-25(19)16-7-5-4-6-8-16/h4-11H,12H2,1-3H3,(H,22,26). The van der Waals surface area contributed by atoms with E-state index in [9.17, 15) is 4.79 Å². The summed E-state index contributed by atoms with van der Waals surface area (Å²) in [6, 6.07) is 15.5. The number of hydrogen-bond donors (Lipinski definition) is 1. The van der Waals surface area contributed by atoms with Crippen LogP contribution in [0.1, 0.15) is 22.5 Å². The molecule has 6 nitrogen and oxygen atoms in total. The number of carbonyl (C=O) groups excluding carboxylic acids is 1. The number of nitrogens with zero attached hydrogens (tertiary/aromatic N) is 3. The van der Waals surface area contributed by atoms with E-state index in [-0.39, 0.29) is 12.3 Å². The number of anilines is 1. The Labute approximate surface area is 156 Å². The van der Waals surface area contributed by atoms with Crippen molar-refractivity contribution < 1.29 is 9.32 Å². The van der Waals surface area contributed by atoms with E-state index >= 15 is 0 Å². The van der Waals surface area contributed by atoms with E-state index in [1.165, 1.54) is 0 Å². The molecule has 1 N–H and O–H groups in total. The van der Waals surface area contributed by atoms with E-state index < -0.39 is 0 Å². The molecule has 0 aliphatic heterocycles. The van der Waals surface area contributed by atoms with Crippen molar-refractivity contribution in [3.05, 3.63) is 71.0 Å². The van der Waals surface area contributed by atoms with Gasteiger partial charge in [0.05, 0.1) is 17.8 Å². The van der Waals surface area contributed by atoms with Gasteiger partial charge in [0.2, 0.25) is 5.91 Å². The first kappa shape index (κ1) is 17.0. The monoisotopic (exact) mass is 360 g/mol. The Balaban J connectivity index is 1.60. The maximum absolute atomic E-state index is 12.7. The summed E-state index contributed by atoms with van der Waals surface area (Å²) in [5.41, 5.74) is 5.23. The van der Waals surface area contributed by atoms with Crippen molar-refractivity contribution >= 4 is 22.7 Å². The van der Waals surface area contributed by atoms with Crippen molar-refractivity contribution in [2.75, 3.05) is 5.32 Å². The normalized spacial score (nSPS) is 11.1. The highest BCUT2D eigenvalue weighted by atomic mass is 16.5. The van der Waals surface area contributed by atoms with Gasteiger partial charge in [-0.25, -0.2) is 4.68 Å². The summed E-state index contributed by atoms with van der Waals surface area (Å²) in [5.74, 6) is 0.464. The predicted molar refractivity (Wildman–Crippen MR) is 104 cm³/mol. The smallest absolute Gasteiger partial charge is 0.231 e. The largest absolute Gasteiger partial charge is 0.356 e. The Morgan fingerprint density at radius 2 is 1.89 bits per heavy atom. The predicted octanol–water partition coefficient (Wildman–Crippen LogP) is 4.12. The van der Waals surface area contributed by atoms with Gasteiger partial charge in [-0.05, 0) is 50.1 Å². The molecule has 4 aromatic rings. The molecule has 136 valence electrons. The van der Waals surface area contributed by atoms with E-state index in [2.05, 4.69) is 21.6 Å². The van der Waals surface area contributed by atoms with Crippen LogP contribution in [0, 0.1) is 20.8 Å². The molecule has 0 aliphatic carbocycles. The van der Waals surface area contributed by atoms with Crippen LogP contribution < -0.4 is 5.32 Å². The summed E-state index contributed by atoms with van der Waals surface area (Å²) in [6.07, 6.45) is 0.135. The van der Waals surface area contributed by atoms with Gasteiger partial charge in [-0.3, -0.25) is 4.79 Å². The van der Waals surface area contributed by atoms with Crippen molar-refractivity contribution in [2.24, 2.45) is 0 Å². The van der Waals surface area contributed by atoms with Gasteiger partial charge in [-0.1, -0.05) is 29.4 Å². The van der Waals surface area contributed by atoms with Crippen LogP contribution in [-0.4, -0.2) is 20.8 Å². The number of aromatic nitrogens is 3. The summed E-state index contributed by atoms with van der Waals surface area (Å²) >= 11 is 0. The third kappa shape index (κ3) is 3.33. The highest BCUT2D eigenvalue weighted by Crippen LogP contribution is 2.25. The minimum absolute atomic E-state index is 0.135. The number of carbonyl (C=O) groups is 1. The molecule has 4 rings (SSSR count). The summed E-state index contributed by atoms with van der Waals surface area (Å²) in [4.78, 5) is 12.7. The Hall–Kier alpha value is -3.41. The van der Waals surface area contributed by atoms with Gasteiger partial charge in [0.25, 0.3) is 0 Å². The molecule has 0 saturated carbocycles. The second kappa shape index (κ2) is 6.72. The molecule has 2 heterocycles. The molecule has 0 saturated heterocycles. The first-order valence-corrected chi connectivity index (χ1v) is 8.79. The van der Waals surface area contributed by atoms with Crippen LogP contribution in [0.4, 0.5) is 5.82 Å². The molecule has 0 bridgehead atoms. The van der Waals surface area contributed by atoms with Crippen LogP contribution in [0.5, 0.6) is 0 Å². The molecule has 2 aromatic carbocycles. The maximum Gasteiger partial charge on any atom is 0.231 e. The molecule has 0 unspecified atom stereocenters. The van der Waals surface area contributed by atoms with Gasteiger partial charge in [0.15, 0.2) is 5.58 Å². The van der Waals surface area contributed by atoms with Crippen molar-refractivity contribution in [2.45, 2.75) is 27.2 Å². The van der Waals surface area contributed by atoms with Crippen molar-refractivity contribution in [3.8, 4) is 5.69 Å². The minimum atomic E-state index is -0.165. The van der Waals surface area contributed by atoms with Crippen LogP contribution >= 0.6 is 0 Å². The summed E-state index contributed by atoms with van der Waals surface area (Å²) in [6.45, 7) is 5.90. The molecular weight excluding hydrogens is 340 g/mol. The molecule has 0 atom stereocenters. The number of aryl methyl sites for hydroxylation is 3. The van der Waals surface area contributed by atoms with Gasteiger partial charge in [-0.15, -0.1) is 0 Å². The van der Waals surface area contributed by atoms with Crippen molar-refractivity contribution in [3.63, 3.8) is 0 Å². The lowest BCUT2D eigenvalue weighted by Crippen LogP contribution is -2.17. The van der Waals surface area contributed by atoms with Gasteiger partial charge in [0.1, 0.15) is 11.5 Å². The van der Waals surface area contributed by atoms with Gasteiger partial charge in [-0.2, -0.15) is 5.10 Å². The van der Waals surface area contributed by atoms with Crippen LogP contribution in [0.15, 0.2) is 53.1 Å².